The van der Waals surface area contributed by atoms with Gasteiger partial charge in [-0.15, -0.1) is 11.8 Å². The van der Waals surface area contributed by atoms with Gasteiger partial charge in [-0.2, -0.15) is 0 Å². The van der Waals surface area contributed by atoms with E-state index in [9.17, 15) is 14.9 Å². The highest BCUT2D eigenvalue weighted by atomic mass is 35.5. The fourth-order valence-corrected chi connectivity index (χ4v) is 2.76. The van der Waals surface area contributed by atoms with Crippen LogP contribution < -0.4 is 10.1 Å². The van der Waals surface area contributed by atoms with Crippen molar-refractivity contribution in [2.45, 2.75) is 4.90 Å². The van der Waals surface area contributed by atoms with Crippen molar-refractivity contribution in [1.29, 1.82) is 0 Å². The molecule has 0 heterocycles. The minimum absolute atomic E-state index is 0.0201. The van der Waals surface area contributed by atoms with Gasteiger partial charge < -0.3 is 10.1 Å². The molecule has 0 aliphatic heterocycles. The van der Waals surface area contributed by atoms with E-state index in [1.54, 1.807) is 7.11 Å². The number of amides is 1. The lowest BCUT2D eigenvalue weighted by Gasteiger charge is -2.07. The molecule has 0 aliphatic rings. The SMILES string of the molecule is COc1cccc(SCC(=O)Nc2ccc([N+](=O)[O-])c(Cl)c2)c1. The van der Waals surface area contributed by atoms with Crippen LogP contribution in [0.1, 0.15) is 0 Å². The van der Waals surface area contributed by atoms with Crippen LogP contribution in [-0.4, -0.2) is 23.7 Å². The molecule has 2 rings (SSSR count). The fourth-order valence-electron chi connectivity index (χ4n) is 1.77. The Balaban J connectivity index is 1.94. The summed E-state index contributed by atoms with van der Waals surface area (Å²) >= 11 is 7.16. The van der Waals surface area contributed by atoms with Crippen LogP contribution in [0.5, 0.6) is 5.75 Å². The van der Waals surface area contributed by atoms with Gasteiger partial charge in [-0.1, -0.05) is 17.7 Å². The Hall–Kier alpha value is -2.25. The van der Waals surface area contributed by atoms with E-state index in [-0.39, 0.29) is 22.4 Å². The first-order valence-electron chi connectivity index (χ1n) is 6.50. The van der Waals surface area contributed by atoms with Gasteiger partial charge in [-0.05, 0) is 30.3 Å². The van der Waals surface area contributed by atoms with Gasteiger partial charge in [-0.3, -0.25) is 14.9 Å². The molecule has 2 aromatic carbocycles. The topological polar surface area (TPSA) is 81.5 Å². The molecule has 0 bridgehead atoms. The maximum absolute atomic E-state index is 11.9. The van der Waals surface area contributed by atoms with Crippen molar-refractivity contribution in [3.63, 3.8) is 0 Å². The lowest BCUT2D eigenvalue weighted by atomic mass is 10.3. The molecule has 0 fully saturated rings. The summed E-state index contributed by atoms with van der Waals surface area (Å²) in [4.78, 5) is 22.9. The van der Waals surface area contributed by atoms with Crippen molar-refractivity contribution in [2.75, 3.05) is 18.2 Å². The van der Waals surface area contributed by atoms with Crippen LogP contribution in [0.15, 0.2) is 47.4 Å². The zero-order valence-electron chi connectivity index (χ0n) is 12.1. The van der Waals surface area contributed by atoms with Gasteiger partial charge in [0.1, 0.15) is 10.8 Å². The molecule has 0 radical (unpaired) electrons. The second-order valence-corrected chi connectivity index (χ2v) is 5.90. The zero-order chi connectivity index (χ0) is 16.8. The third-order valence-corrected chi connectivity index (χ3v) is 4.14. The molecule has 0 unspecified atom stereocenters. The summed E-state index contributed by atoms with van der Waals surface area (Å²) in [7, 11) is 1.58. The summed E-state index contributed by atoms with van der Waals surface area (Å²) in [6.07, 6.45) is 0. The molecule has 0 aromatic heterocycles. The highest BCUT2D eigenvalue weighted by Gasteiger charge is 2.13. The Kier molecular flexibility index (Phi) is 5.84. The number of benzene rings is 2. The number of rotatable bonds is 6. The summed E-state index contributed by atoms with van der Waals surface area (Å²) in [6.45, 7) is 0. The van der Waals surface area contributed by atoms with E-state index in [0.29, 0.717) is 5.69 Å². The summed E-state index contributed by atoms with van der Waals surface area (Å²) in [5.41, 5.74) is 0.215. The molecular weight excluding hydrogens is 340 g/mol. The summed E-state index contributed by atoms with van der Waals surface area (Å²) < 4.78 is 5.12. The molecule has 6 nitrogen and oxygen atoms in total. The Morgan fingerprint density at radius 3 is 2.78 bits per heavy atom. The first-order chi connectivity index (χ1) is 11.0. The molecule has 0 atom stereocenters. The van der Waals surface area contributed by atoms with E-state index in [4.69, 9.17) is 16.3 Å². The molecule has 23 heavy (non-hydrogen) atoms. The largest absolute Gasteiger partial charge is 0.497 e. The molecule has 8 heteroatoms. The van der Waals surface area contributed by atoms with E-state index in [1.807, 2.05) is 24.3 Å². The van der Waals surface area contributed by atoms with Crippen molar-refractivity contribution in [3.8, 4) is 5.75 Å². The van der Waals surface area contributed by atoms with Crippen molar-refractivity contribution >= 4 is 40.6 Å². The average Bonchev–Trinajstić information content (AvgIpc) is 2.53. The second-order valence-electron chi connectivity index (χ2n) is 4.44. The van der Waals surface area contributed by atoms with E-state index in [1.165, 1.54) is 30.0 Å². The van der Waals surface area contributed by atoms with E-state index in [0.717, 1.165) is 10.6 Å². The average molecular weight is 353 g/mol. The number of nitro benzene ring substituents is 1. The van der Waals surface area contributed by atoms with Crippen LogP contribution in [0, 0.1) is 10.1 Å². The predicted molar refractivity (Wildman–Crippen MR) is 90.5 cm³/mol. The molecule has 2 aromatic rings. The summed E-state index contributed by atoms with van der Waals surface area (Å²) in [6, 6.07) is 11.4. The van der Waals surface area contributed by atoms with E-state index >= 15 is 0 Å². The highest BCUT2D eigenvalue weighted by molar-refractivity contribution is 8.00. The Labute approximate surface area is 141 Å². The first-order valence-corrected chi connectivity index (χ1v) is 7.86. The Morgan fingerprint density at radius 1 is 1.35 bits per heavy atom. The quantitative estimate of drug-likeness (QED) is 0.483. The highest BCUT2D eigenvalue weighted by Crippen LogP contribution is 2.27. The molecular formula is C15H13ClN2O4S. The first kappa shape index (κ1) is 17.1. The van der Waals surface area contributed by atoms with Crippen molar-refractivity contribution in [2.24, 2.45) is 0 Å². The van der Waals surface area contributed by atoms with Gasteiger partial charge in [0.2, 0.25) is 5.91 Å². The van der Waals surface area contributed by atoms with Crippen LogP contribution in [0.4, 0.5) is 11.4 Å². The predicted octanol–water partition coefficient (Wildman–Crippen LogP) is 3.99. The lowest BCUT2D eigenvalue weighted by molar-refractivity contribution is -0.384. The number of thioether (sulfide) groups is 1. The molecule has 1 amide bonds. The van der Waals surface area contributed by atoms with Crippen LogP contribution in [0.25, 0.3) is 0 Å². The third kappa shape index (κ3) is 4.87. The van der Waals surface area contributed by atoms with Crippen LogP contribution in [-0.2, 0) is 4.79 Å². The molecule has 0 spiro atoms. The Morgan fingerprint density at radius 2 is 2.13 bits per heavy atom. The number of nitrogens with one attached hydrogen (secondary N) is 1. The van der Waals surface area contributed by atoms with Crippen molar-refractivity contribution in [1.82, 2.24) is 0 Å². The van der Waals surface area contributed by atoms with E-state index < -0.39 is 4.92 Å². The molecule has 0 saturated carbocycles. The number of hydrogen-bond donors (Lipinski definition) is 1. The minimum atomic E-state index is -0.577. The summed E-state index contributed by atoms with van der Waals surface area (Å²) in [5, 5.41) is 13.3. The number of hydrogen-bond acceptors (Lipinski definition) is 5. The van der Waals surface area contributed by atoms with Crippen LogP contribution >= 0.6 is 23.4 Å². The van der Waals surface area contributed by atoms with Gasteiger partial charge in [-0.25, -0.2) is 0 Å². The van der Waals surface area contributed by atoms with E-state index in [2.05, 4.69) is 5.32 Å². The van der Waals surface area contributed by atoms with Gasteiger partial charge in [0, 0.05) is 16.6 Å². The second kappa shape index (κ2) is 7.85. The standard InChI is InChI=1S/C15H13ClN2O4S/c1-22-11-3-2-4-12(8-11)23-9-15(19)17-10-5-6-14(18(20)21)13(16)7-10/h2-8H,9H2,1H3,(H,17,19). The molecule has 120 valence electrons. The number of anilines is 1. The molecule has 1 N–H and O–H groups in total. The minimum Gasteiger partial charge on any atom is -0.497 e. The number of carbonyl (C=O) groups excluding carboxylic acids is 1. The van der Waals surface area contributed by atoms with Crippen molar-refractivity contribution in [3.05, 3.63) is 57.6 Å². The Bertz CT molecular complexity index is 739. The normalized spacial score (nSPS) is 10.2. The number of nitrogens with zero attached hydrogens (tertiary/aromatic N) is 1. The monoisotopic (exact) mass is 352 g/mol. The summed E-state index contributed by atoms with van der Waals surface area (Å²) in [5.74, 6) is 0.683. The number of halogens is 1. The maximum atomic E-state index is 11.9. The molecule has 0 saturated heterocycles. The smallest absolute Gasteiger partial charge is 0.288 e. The molecule has 0 aliphatic carbocycles. The lowest BCUT2D eigenvalue weighted by Crippen LogP contribution is -2.14. The number of methoxy groups -OCH3 is 1. The van der Waals surface area contributed by atoms with Gasteiger partial charge in [0.05, 0.1) is 17.8 Å². The zero-order valence-corrected chi connectivity index (χ0v) is 13.7. The van der Waals surface area contributed by atoms with Crippen LogP contribution in [0.2, 0.25) is 5.02 Å². The fraction of sp³-hybridized carbons (Fsp3) is 0.133. The van der Waals surface area contributed by atoms with Crippen LogP contribution in [0.3, 0.4) is 0 Å². The maximum Gasteiger partial charge on any atom is 0.288 e. The third-order valence-electron chi connectivity index (χ3n) is 2.84. The van der Waals surface area contributed by atoms with Crippen molar-refractivity contribution < 1.29 is 14.5 Å². The number of carbonyl (C=O) groups is 1. The van der Waals surface area contributed by atoms with Gasteiger partial charge in [0.25, 0.3) is 5.69 Å². The van der Waals surface area contributed by atoms with Gasteiger partial charge in [0.15, 0.2) is 0 Å². The number of ether oxygens (including phenoxy) is 1. The number of nitro groups is 1. The van der Waals surface area contributed by atoms with Gasteiger partial charge >= 0.3 is 0 Å².